The molecule has 236 valence electrons. The maximum absolute atomic E-state index is 13.9. The van der Waals surface area contributed by atoms with Crippen molar-refractivity contribution >= 4 is 39.2 Å². The van der Waals surface area contributed by atoms with Crippen LogP contribution in [0, 0.1) is 11.6 Å². The molecule has 44 heavy (non-hydrogen) atoms. The first-order valence-electron chi connectivity index (χ1n) is 14.3. The number of rotatable bonds is 7. The Morgan fingerprint density at radius 1 is 1.02 bits per heavy atom. The molecule has 1 aromatic heterocycles. The summed E-state index contributed by atoms with van der Waals surface area (Å²) in [6.45, 7) is 8.92. The van der Waals surface area contributed by atoms with Crippen molar-refractivity contribution in [1.82, 2.24) is 24.7 Å². The second kappa shape index (κ2) is 12.1. The van der Waals surface area contributed by atoms with Gasteiger partial charge in [-0.3, -0.25) is 9.89 Å². The molecule has 2 aliphatic heterocycles. The van der Waals surface area contributed by atoms with Gasteiger partial charge in [-0.05, 0) is 44.3 Å². The Labute approximate surface area is 254 Å². The van der Waals surface area contributed by atoms with Crippen molar-refractivity contribution in [2.45, 2.75) is 37.6 Å². The molecule has 0 unspecified atom stereocenters. The van der Waals surface area contributed by atoms with Gasteiger partial charge in [-0.25, -0.2) is 22.0 Å². The highest BCUT2D eigenvalue weighted by atomic mass is 32.2. The van der Waals surface area contributed by atoms with E-state index in [9.17, 15) is 26.8 Å². The molecule has 3 heterocycles. The summed E-state index contributed by atoms with van der Waals surface area (Å²) >= 11 is 0. The average Bonchev–Trinajstić information content (AvgIpc) is 3.36. The van der Waals surface area contributed by atoms with Crippen LogP contribution < -0.4 is 20.9 Å². The zero-order valence-corrected chi connectivity index (χ0v) is 25.8. The Balaban J connectivity index is 1.44. The highest BCUT2D eigenvalue weighted by Gasteiger charge is 2.41. The number of likely N-dealkylation sites (N-methyl/N-ethyl adjacent to an activating group) is 1. The Morgan fingerprint density at radius 3 is 2.36 bits per heavy atom. The van der Waals surface area contributed by atoms with Crippen LogP contribution >= 0.6 is 0 Å². The number of hydrogen-bond acceptors (Lipinski definition) is 7. The SMILES string of the molecule is CCNC(=O)Nc1cc(N2CCN(C)CC2)ccc1C(=O)Nc1n[nH]c2c1CN(S(=O)(=O)c1cc(F)cc(F)c1)CC2(C)C. The molecule has 5 rings (SSSR count). The van der Waals surface area contributed by atoms with Crippen molar-refractivity contribution in [3.05, 3.63) is 64.9 Å². The second-order valence-corrected chi connectivity index (χ2v) is 13.6. The lowest BCUT2D eigenvalue weighted by Crippen LogP contribution is -2.45. The van der Waals surface area contributed by atoms with E-state index in [4.69, 9.17) is 0 Å². The smallest absolute Gasteiger partial charge is 0.319 e. The fraction of sp³-hybridized carbons (Fsp3) is 0.414. The lowest BCUT2D eigenvalue weighted by molar-refractivity contribution is 0.102. The Hall–Kier alpha value is -4.08. The van der Waals surface area contributed by atoms with Crippen LogP contribution in [0.2, 0.25) is 0 Å². The fourth-order valence-corrected chi connectivity index (χ4v) is 7.14. The van der Waals surface area contributed by atoms with E-state index in [0.717, 1.165) is 48.3 Å². The van der Waals surface area contributed by atoms with Gasteiger partial charge < -0.3 is 25.8 Å². The number of carbonyl (C=O) groups excluding carboxylic acids is 2. The molecule has 15 heteroatoms. The summed E-state index contributed by atoms with van der Waals surface area (Å²) in [6.07, 6.45) is 0. The predicted molar refractivity (Wildman–Crippen MR) is 162 cm³/mol. The third-order valence-corrected chi connectivity index (χ3v) is 9.63. The van der Waals surface area contributed by atoms with Crippen LogP contribution in [0.1, 0.15) is 42.4 Å². The van der Waals surface area contributed by atoms with Gasteiger partial charge >= 0.3 is 6.03 Å². The van der Waals surface area contributed by atoms with Gasteiger partial charge in [0.05, 0.1) is 16.1 Å². The van der Waals surface area contributed by atoms with Crippen LogP contribution in [0.25, 0.3) is 0 Å². The summed E-state index contributed by atoms with van der Waals surface area (Å²) in [5, 5.41) is 15.4. The van der Waals surface area contributed by atoms with E-state index < -0.39 is 43.9 Å². The molecule has 0 spiro atoms. The summed E-state index contributed by atoms with van der Waals surface area (Å²) in [5.41, 5.74) is 1.60. The van der Waals surface area contributed by atoms with E-state index >= 15 is 0 Å². The molecule has 2 aromatic carbocycles. The number of urea groups is 1. The van der Waals surface area contributed by atoms with E-state index in [1.54, 1.807) is 32.9 Å². The average molecular weight is 631 g/mol. The number of H-pyrrole nitrogens is 1. The molecule has 2 aliphatic rings. The largest absolute Gasteiger partial charge is 0.369 e. The van der Waals surface area contributed by atoms with Crippen molar-refractivity contribution in [3.63, 3.8) is 0 Å². The van der Waals surface area contributed by atoms with E-state index in [1.165, 1.54) is 0 Å². The van der Waals surface area contributed by atoms with Crippen molar-refractivity contribution in [2.75, 3.05) is 61.8 Å². The van der Waals surface area contributed by atoms with Gasteiger partial charge in [-0.1, -0.05) is 13.8 Å². The zero-order chi connectivity index (χ0) is 31.8. The number of benzene rings is 2. The molecule has 12 nitrogen and oxygen atoms in total. The number of nitrogens with one attached hydrogen (secondary N) is 4. The van der Waals surface area contributed by atoms with Crippen molar-refractivity contribution in [2.24, 2.45) is 0 Å². The standard InChI is InChI=1S/C29H36F2N8O4S/c1-5-32-28(41)33-24-15-20(38-10-8-37(4)9-11-38)6-7-22(24)27(40)34-26-23-16-39(17-29(2,3)25(23)35-36-26)44(42,43)21-13-18(30)12-19(31)14-21/h6-7,12-15H,5,8-11,16-17H2,1-4H3,(H2,32,33,41)(H2,34,35,36,40). The molecule has 3 aromatic rings. The molecular weight excluding hydrogens is 594 g/mol. The number of nitrogens with zero attached hydrogens (tertiary/aromatic N) is 4. The summed E-state index contributed by atoms with van der Waals surface area (Å²) < 4.78 is 55.9. The number of halogens is 2. The first-order valence-corrected chi connectivity index (χ1v) is 15.7. The van der Waals surface area contributed by atoms with Crippen LogP contribution in [0.4, 0.5) is 30.8 Å². The zero-order valence-electron chi connectivity index (χ0n) is 25.0. The third kappa shape index (κ3) is 6.39. The van der Waals surface area contributed by atoms with Gasteiger partial charge in [0.1, 0.15) is 11.6 Å². The van der Waals surface area contributed by atoms with E-state index in [-0.39, 0.29) is 24.5 Å². The number of sulfonamides is 1. The molecule has 0 bridgehead atoms. The van der Waals surface area contributed by atoms with Crippen molar-refractivity contribution < 1.29 is 26.8 Å². The molecule has 1 fully saturated rings. The number of hydrogen-bond donors (Lipinski definition) is 4. The first kappa shape index (κ1) is 31.3. The molecule has 1 saturated heterocycles. The van der Waals surface area contributed by atoms with Gasteiger partial charge in [-0.15, -0.1) is 0 Å². The van der Waals surface area contributed by atoms with Crippen molar-refractivity contribution in [3.8, 4) is 0 Å². The molecule has 0 radical (unpaired) electrons. The number of fused-ring (bicyclic) bond motifs is 1. The monoisotopic (exact) mass is 630 g/mol. The Bertz CT molecular complexity index is 1670. The van der Waals surface area contributed by atoms with Gasteiger partial charge in [0.15, 0.2) is 5.82 Å². The lowest BCUT2D eigenvalue weighted by Gasteiger charge is -2.36. The first-order chi connectivity index (χ1) is 20.8. The Morgan fingerprint density at radius 2 is 1.70 bits per heavy atom. The van der Waals surface area contributed by atoms with Crippen LogP contribution in [0.3, 0.4) is 0 Å². The Kier molecular flexibility index (Phi) is 8.64. The van der Waals surface area contributed by atoms with Crippen LogP contribution in [0.15, 0.2) is 41.3 Å². The highest BCUT2D eigenvalue weighted by molar-refractivity contribution is 7.89. The molecule has 0 atom stereocenters. The van der Waals surface area contributed by atoms with Crippen molar-refractivity contribution in [1.29, 1.82) is 0 Å². The second-order valence-electron chi connectivity index (χ2n) is 11.6. The molecule has 3 amide bonds. The van der Waals surface area contributed by atoms with Gasteiger partial charge in [0.2, 0.25) is 10.0 Å². The molecular formula is C29H36F2N8O4S. The molecule has 0 saturated carbocycles. The van der Waals surface area contributed by atoms with Crippen LogP contribution in [-0.4, -0.2) is 86.1 Å². The summed E-state index contributed by atoms with van der Waals surface area (Å²) in [7, 11) is -2.25. The van der Waals surface area contributed by atoms with E-state index in [0.29, 0.717) is 29.6 Å². The topological polar surface area (TPSA) is 143 Å². The molecule has 0 aliphatic carbocycles. The number of amides is 3. The maximum atomic E-state index is 13.9. The third-order valence-electron chi connectivity index (χ3n) is 7.86. The van der Waals surface area contributed by atoms with E-state index in [1.807, 2.05) is 6.07 Å². The van der Waals surface area contributed by atoms with E-state index in [2.05, 4.69) is 43.0 Å². The summed E-state index contributed by atoms with van der Waals surface area (Å²) in [5.74, 6) is -2.48. The highest BCUT2D eigenvalue weighted by Crippen LogP contribution is 2.38. The normalized spacial score (nSPS) is 17.2. The minimum Gasteiger partial charge on any atom is -0.369 e. The molecule has 4 N–H and O–H groups in total. The fourth-order valence-electron chi connectivity index (χ4n) is 5.53. The van der Waals surface area contributed by atoms with Crippen LogP contribution in [0.5, 0.6) is 0 Å². The van der Waals surface area contributed by atoms with Gasteiger partial charge in [0, 0.05) is 74.2 Å². The number of piperazine rings is 1. The van der Waals surface area contributed by atoms with Gasteiger partial charge in [0.25, 0.3) is 5.91 Å². The van der Waals surface area contributed by atoms with Gasteiger partial charge in [-0.2, -0.15) is 9.40 Å². The predicted octanol–water partition coefficient (Wildman–Crippen LogP) is 3.32. The minimum atomic E-state index is -4.30. The minimum absolute atomic E-state index is 0.00437. The number of anilines is 3. The maximum Gasteiger partial charge on any atom is 0.319 e. The number of carbonyl (C=O) groups is 2. The summed E-state index contributed by atoms with van der Waals surface area (Å²) in [4.78, 5) is 30.0. The number of aromatic nitrogens is 2. The summed E-state index contributed by atoms with van der Waals surface area (Å²) in [6, 6.07) is 6.88. The quantitative estimate of drug-likeness (QED) is 0.314. The van der Waals surface area contributed by atoms with Crippen LogP contribution in [-0.2, 0) is 22.0 Å². The lowest BCUT2D eigenvalue weighted by atomic mass is 9.84. The number of aromatic amines is 1.